The fourth-order valence-corrected chi connectivity index (χ4v) is 2.74. The monoisotopic (exact) mass is 350 g/mol. The molecule has 1 aromatic carbocycles. The third-order valence-electron chi connectivity index (χ3n) is 4.03. The van der Waals surface area contributed by atoms with E-state index < -0.39 is 11.7 Å². The van der Waals surface area contributed by atoms with Gasteiger partial charge in [0.1, 0.15) is 11.4 Å². The molecule has 0 aromatic heterocycles. The van der Waals surface area contributed by atoms with Crippen LogP contribution in [-0.4, -0.2) is 65.9 Å². The molecule has 0 bridgehead atoms. The molecule has 1 fully saturated rings. The summed E-state index contributed by atoms with van der Waals surface area (Å²) in [5, 5.41) is 10.4. The second-order valence-electron chi connectivity index (χ2n) is 7.29. The highest BCUT2D eigenvalue weighted by atomic mass is 16.6. The fraction of sp³-hybridized carbons (Fsp3) is 0.632. The number of amides is 1. The lowest BCUT2D eigenvalue weighted by atomic mass is 10.1. The van der Waals surface area contributed by atoms with Gasteiger partial charge in [0.2, 0.25) is 0 Å². The van der Waals surface area contributed by atoms with Crippen LogP contribution in [0.15, 0.2) is 24.3 Å². The molecule has 1 aliphatic rings. The van der Waals surface area contributed by atoms with Gasteiger partial charge in [0.05, 0.1) is 12.7 Å². The van der Waals surface area contributed by atoms with Crippen molar-refractivity contribution < 1.29 is 19.4 Å². The number of β-amino-alcohol motifs (C(OH)–C–C–N with tert-alkyl or cyclic N) is 1. The molecule has 1 atom stereocenters. The number of hydrogen-bond donors (Lipinski definition) is 1. The van der Waals surface area contributed by atoms with E-state index in [2.05, 4.69) is 4.90 Å². The van der Waals surface area contributed by atoms with E-state index in [4.69, 9.17) is 9.47 Å². The first-order valence-corrected chi connectivity index (χ1v) is 8.89. The number of nitrogens with zero attached hydrogens (tertiary/aromatic N) is 2. The van der Waals surface area contributed by atoms with Crippen LogP contribution >= 0.6 is 0 Å². The summed E-state index contributed by atoms with van der Waals surface area (Å²) in [6.45, 7) is 11.4. The maximum absolute atomic E-state index is 12.1. The average molecular weight is 350 g/mol. The van der Waals surface area contributed by atoms with E-state index in [1.165, 1.54) is 0 Å². The van der Waals surface area contributed by atoms with Crippen LogP contribution in [0.3, 0.4) is 0 Å². The number of rotatable bonds is 5. The molecule has 0 saturated carbocycles. The molecule has 1 saturated heterocycles. The molecule has 6 nitrogen and oxygen atoms in total. The maximum Gasteiger partial charge on any atom is 0.410 e. The molecule has 1 aromatic rings. The van der Waals surface area contributed by atoms with Gasteiger partial charge in [0, 0.05) is 32.7 Å². The Balaban J connectivity index is 1.80. The Morgan fingerprint density at radius 2 is 1.76 bits per heavy atom. The first-order chi connectivity index (χ1) is 11.8. The quantitative estimate of drug-likeness (QED) is 0.885. The Morgan fingerprint density at radius 1 is 1.16 bits per heavy atom. The molecule has 1 heterocycles. The largest absolute Gasteiger partial charge is 0.494 e. The van der Waals surface area contributed by atoms with Gasteiger partial charge < -0.3 is 19.5 Å². The zero-order valence-electron chi connectivity index (χ0n) is 15.7. The van der Waals surface area contributed by atoms with Crippen molar-refractivity contribution in [3.8, 4) is 5.75 Å². The highest BCUT2D eigenvalue weighted by Gasteiger charge is 2.26. The standard InChI is InChI=1S/C19H30N2O4/c1-5-24-16-8-6-15(7-9-16)17(22)14-20-10-12-21(13-11-20)18(23)25-19(2,3)4/h6-9,17,22H,5,10-14H2,1-4H3. The van der Waals surface area contributed by atoms with Gasteiger partial charge in [-0.3, -0.25) is 4.90 Å². The van der Waals surface area contributed by atoms with E-state index in [0.717, 1.165) is 24.4 Å². The minimum atomic E-state index is -0.552. The van der Waals surface area contributed by atoms with Crippen LogP contribution in [0.25, 0.3) is 0 Å². The van der Waals surface area contributed by atoms with Crippen LogP contribution in [0.1, 0.15) is 39.4 Å². The third kappa shape index (κ3) is 6.21. The number of aliphatic hydroxyl groups excluding tert-OH is 1. The summed E-state index contributed by atoms with van der Waals surface area (Å²) in [4.78, 5) is 16.0. The minimum Gasteiger partial charge on any atom is -0.494 e. The van der Waals surface area contributed by atoms with Crippen LogP contribution < -0.4 is 4.74 Å². The van der Waals surface area contributed by atoms with Crippen molar-refractivity contribution in [1.82, 2.24) is 9.80 Å². The number of carbonyl (C=O) groups is 1. The minimum absolute atomic E-state index is 0.265. The molecule has 0 aliphatic carbocycles. The van der Waals surface area contributed by atoms with Crippen LogP contribution in [-0.2, 0) is 4.74 Å². The van der Waals surface area contributed by atoms with Crippen molar-refractivity contribution in [2.75, 3.05) is 39.3 Å². The van der Waals surface area contributed by atoms with Crippen molar-refractivity contribution in [3.63, 3.8) is 0 Å². The zero-order valence-corrected chi connectivity index (χ0v) is 15.7. The molecule has 25 heavy (non-hydrogen) atoms. The van der Waals surface area contributed by atoms with Gasteiger partial charge in [-0.1, -0.05) is 12.1 Å². The molecule has 0 radical (unpaired) electrons. The second kappa shape index (κ2) is 8.54. The lowest BCUT2D eigenvalue weighted by Gasteiger charge is -2.36. The molecule has 1 aliphatic heterocycles. The van der Waals surface area contributed by atoms with Crippen molar-refractivity contribution in [3.05, 3.63) is 29.8 Å². The predicted molar refractivity (Wildman–Crippen MR) is 96.8 cm³/mol. The van der Waals surface area contributed by atoms with Crippen LogP contribution in [0.4, 0.5) is 4.79 Å². The maximum atomic E-state index is 12.1. The Kier molecular flexibility index (Phi) is 6.67. The Labute approximate surface area is 150 Å². The van der Waals surface area contributed by atoms with Gasteiger partial charge in [-0.25, -0.2) is 4.79 Å². The van der Waals surface area contributed by atoms with E-state index in [9.17, 15) is 9.90 Å². The normalized spacial score (nSPS) is 17.2. The molecule has 0 spiro atoms. The summed E-state index contributed by atoms with van der Waals surface area (Å²) in [7, 11) is 0. The molecule has 6 heteroatoms. The molecular formula is C19H30N2O4. The number of hydrogen-bond acceptors (Lipinski definition) is 5. The first kappa shape index (κ1) is 19.5. The van der Waals surface area contributed by atoms with Crippen LogP contribution in [0.5, 0.6) is 5.75 Å². The third-order valence-corrected chi connectivity index (χ3v) is 4.03. The van der Waals surface area contributed by atoms with E-state index in [0.29, 0.717) is 26.2 Å². The highest BCUT2D eigenvalue weighted by molar-refractivity contribution is 5.68. The summed E-state index contributed by atoms with van der Waals surface area (Å²) < 4.78 is 10.8. The van der Waals surface area contributed by atoms with Crippen molar-refractivity contribution >= 4 is 6.09 Å². The zero-order chi connectivity index (χ0) is 18.4. The summed E-state index contributed by atoms with van der Waals surface area (Å²) in [6, 6.07) is 7.55. The number of piperazine rings is 1. The second-order valence-corrected chi connectivity index (χ2v) is 7.29. The topological polar surface area (TPSA) is 62.2 Å². The first-order valence-electron chi connectivity index (χ1n) is 8.89. The lowest BCUT2D eigenvalue weighted by Crippen LogP contribution is -2.50. The van der Waals surface area contributed by atoms with E-state index in [-0.39, 0.29) is 6.09 Å². The van der Waals surface area contributed by atoms with Gasteiger partial charge in [-0.15, -0.1) is 0 Å². The molecule has 1 N–H and O–H groups in total. The van der Waals surface area contributed by atoms with Gasteiger partial charge in [0.25, 0.3) is 0 Å². The number of ether oxygens (including phenoxy) is 2. The molecule has 1 amide bonds. The lowest BCUT2D eigenvalue weighted by molar-refractivity contribution is 0.0101. The van der Waals surface area contributed by atoms with E-state index in [1.54, 1.807) is 4.90 Å². The van der Waals surface area contributed by atoms with Gasteiger partial charge in [-0.2, -0.15) is 0 Å². The number of carbonyl (C=O) groups excluding carboxylic acids is 1. The highest BCUT2D eigenvalue weighted by Crippen LogP contribution is 2.20. The fourth-order valence-electron chi connectivity index (χ4n) is 2.74. The molecule has 140 valence electrons. The average Bonchev–Trinajstić information content (AvgIpc) is 2.55. The summed E-state index contributed by atoms with van der Waals surface area (Å²) in [5.41, 5.74) is 0.399. The summed E-state index contributed by atoms with van der Waals surface area (Å²) in [6.07, 6.45) is -0.817. The smallest absolute Gasteiger partial charge is 0.410 e. The molecule has 2 rings (SSSR count). The number of aliphatic hydroxyl groups is 1. The van der Waals surface area contributed by atoms with Gasteiger partial charge in [-0.05, 0) is 45.4 Å². The van der Waals surface area contributed by atoms with Crippen molar-refractivity contribution in [1.29, 1.82) is 0 Å². The number of benzene rings is 1. The summed E-state index contributed by atoms with van der Waals surface area (Å²) in [5.74, 6) is 0.810. The predicted octanol–water partition coefficient (Wildman–Crippen LogP) is 2.67. The molecular weight excluding hydrogens is 320 g/mol. The van der Waals surface area contributed by atoms with Crippen LogP contribution in [0.2, 0.25) is 0 Å². The molecule has 1 unspecified atom stereocenters. The summed E-state index contributed by atoms with van der Waals surface area (Å²) >= 11 is 0. The van der Waals surface area contributed by atoms with E-state index >= 15 is 0 Å². The van der Waals surface area contributed by atoms with E-state index in [1.807, 2.05) is 52.0 Å². The Morgan fingerprint density at radius 3 is 2.28 bits per heavy atom. The van der Waals surface area contributed by atoms with Crippen LogP contribution in [0, 0.1) is 0 Å². The van der Waals surface area contributed by atoms with Crippen molar-refractivity contribution in [2.45, 2.75) is 39.4 Å². The van der Waals surface area contributed by atoms with Gasteiger partial charge in [0.15, 0.2) is 0 Å². The van der Waals surface area contributed by atoms with Crippen molar-refractivity contribution in [2.24, 2.45) is 0 Å². The Hall–Kier alpha value is -1.79. The Bertz CT molecular complexity index is 546. The van der Waals surface area contributed by atoms with Gasteiger partial charge >= 0.3 is 6.09 Å². The SMILES string of the molecule is CCOc1ccc(C(O)CN2CCN(C(=O)OC(C)(C)C)CC2)cc1.